The average Bonchev–Trinajstić information content (AvgIpc) is 2.14. The molecule has 0 unspecified atom stereocenters. The highest BCUT2D eigenvalue weighted by Gasteiger charge is 2.20. The van der Waals surface area contributed by atoms with E-state index in [-0.39, 0.29) is 11.3 Å². The van der Waals surface area contributed by atoms with Crippen molar-refractivity contribution < 1.29 is 14.5 Å². The van der Waals surface area contributed by atoms with E-state index in [1.54, 1.807) is 27.7 Å². The standard InChI is InChI=1S/C12H15NO4/c1-8-5-6-9(7-10(8)13(15)16)11(14)17-12(2,3)4/h5-7H,1-4H3. The Bertz CT molecular complexity index is 460. The fourth-order valence-electron chi connectivity index (χ4n) is 1.27. The van der Waals surface area contributed by atoms with Crippen LogP contribution < -0.4 is 0 Å². The molecule has 5 nitrogen and oxygen atoms in total. The first kappa shape index (κ1) is 13.2. The summed E-state index contributed by atoms with van der Waals surface area (Å²) in [6.07, 6.45) is 0. The van der Waals surface area contributed by atoms with E-state index in [0.717, 1.165) is 0 Å². The Morgan fingerprint density at radius 3 is 2.41 bits per heavy atom. The number of nitro benzene ring substituents is 1. The van der Waals surface area contributed by atoms with Crippen molar-refractivity contribution in [2.75, 3.05) is 0 Å². The van der Waals surface area contributed by atoms with Gasteiger partial charge in [0.15, 0.2) is 0 Å². The molecule has 0 N–H and O–H groups in total. The van der Waals surface area contributed by atoms with Crippen LogP contribution in [0.15, 0.2) is 18.2 Å². The predicted molar refractivity (Wildman–Crippen MR) is 63.0 cm³/mol. The van der Waals surface area contributed by atoms with Crippen LogP contribution in [0.25, 0.3) is 0 Å². The minimum Gasteiger partial charge on any atom is -0.456 e. The van der Waals surface area contributed by atoms with Crippen LogP contribution in [-0.2, 0) is 4.74 Å². The molecule has 0 saturated heterocycles. The molecule has 0 aliphatic rings. The number of nitro groups is 1. The molecule has 0 bridgehead atoms. The predicted octanol–water partition coefficient (Wildman–Crippen LogP) is 2.86. The van der Waals surface area contributed by atoms with Gasteiger partial charge in [0.25, 0.3) is 5.69 Å². The number of nitrogens with zero attached hydrogens (tertiary/aromatic N) is 1. The van der Waals surface area contributed by atoms with Crippen molar-refractivity contribution in [1.82, 2.24) is 0 Å². The molecule has 0 atom stereocenters. The Morgan fingerprint density at radius 2 is 1.94 bits per heavy atom. The average molecular weight is 237 g/mol. The second-order valence-corrected chi connectivity index (χ2v) is 4.76. The number of aryl methyl sites for hydroxylation is 1. The van der Waals surface area contributed by atoms with E-state index in [1.807, 2.05) is 0 Å². The number of carbonyl (C=O) groups excluding carboxylic acids is 1. The number of hydrogen-bond acceptors (Lipinski definition) is 4. The first-order valence-electron chi connectivity index (χ1n) is 5.19. The van der Waals surface area contributed by atoms with Crippen LogP contribution in [-0.4, -0.2) is 16.5 Å². The van der Waals surface area contributed by atoms with Crippen LogP contribution in [0, 0.1) is 17.0 Å². The minimum absolute atomic E-state index is 0.0756. The monoisotopic (exact) mass is 237 g/mol. The van der Waals surface area contributed by atoms with Crippen molar-refractivity contribution in [2.45, 2.75) is 33.3 Å². The van der Waals surface area contributed by atoms with Gasteiger partial charge in [-0.2, -0.15) is 0 Å². The lowest BCUT2D eigenvalue weighted by Crippen LogP contribution is -2.23. The van der Waals surface area contributed by atoms with Crippen molar-refractivity contribution in [2.24, 2.45) is 0 Å². The molecule has 0 heterocycles. The summed E-state index contributed by atoms with van der Waals surface area (Å²) < 4.78 is 5.14. The van der Waals surface area contributed by atoms with Gasteiger partial charge in [-0.05, 0) is 33.8 Å². The summed E-state index contributed by atoms with van der Waals surface area (Å²) in [7, 11) is 0. The number of carbonyl (C=O) groups is 1. The number of hydrogen-bond donors (Lipinski definition) is 0. The fraction of sp³-hybridized carbons (Fsp3) is 0.417. The van der Waals surface area contributed by atoms with Gasteiger partial charge in [-0.1, -0.05) is 6.07 Å². The normalized spacial score (nSPS) is 11.1. The van der Waals surface area contributed by atoms with E-state index in [0.29, 0.717) is 5.56 Å². The Morgan fingerprint density at radius 1 is 1.35 bits per heavy atom. The molecule has 17 heavy (non-hydrogen) atoms. The van der Waals surface area contributed by atoms with E-state index < -0.39 is 16.5 Å². The van der Waals surface area contributed by atoms with Crippen molar-refractivity contribution in [3.8, 4) is 0 Å². The van der Waals surface area contributed by atoms with Crippen molar-refractivity contribution in [3.05, 3.63) is 39.4 Å². The quantitative estimate of drug-likeness (QED) is 0.450. The van der Waals surface area contributed by atoms with Crippen molar-refractivity contribution in [3.63, 3.8) is 0 Å². The third-order valence-corrected chi connectivity index (χ3v) is 2.04. The summed E-state index contributed by atoms with van der Waals surface area (Å²) >= 11 is 0. The second-order valence-electron chi connectivity index (χ2n) is 4.76. The maximum absolute atomic E-state index is 11.7. The van der Waals surface area contributed by atoms with E-state index in [2.05, 4.69) is 0 Å². The topological polar surface area (TPSA) is 69.4 Å². The van der Waals surface area contributed by atoms with Gasteiger partial charge in [-0.15, -0.1) is 0 Å². The highest BCUT2D eigenvalue weighted by molar-refractivity contribution is 5.90. The van der Waals surface area contributed by atoms with Gasteiger partial charge in [0, 0.05) is 11.6 Å². The van der Waals surface area contributed by atoms with Gasteiger partial charge < -0.3 is 4.74 Å². The maximum atomic E-state index is 11.7. The first-order chi connectivity index (χ1) is 7.70. The molecule has 1 aromatic carbocycles. The number of ether oxygens (including phenoxy) is 1. The van der Waals surface area contributed by atoms with E-state index >= 15 is 0 Å². The van der Waals surface area contributed by atoms with E-state index in [1.165, 1.54) is 18.2 Å². The van der Waals surface area contributed by atoms with Crippen LogP contribution in [0.4, 0.5) is 5.69 Å². The number of esters is 1. The molecule has 1 rings (SSSR count). The van der Waals surface area contributed by atoms with Crippen LogP contribution >= 0.6 is 0 Å². The molecule has 0 aromatic heterocycles. The summed E-state index contributed by atoms with van der Waals surface area (Å²) in [5.74, 6) is -0.555. The highest BCUT2D eigenvalue weighted by Crippen LogP contribution is 2.21. The molecule has 0 saturated carbocycles. The molecule has 0 fully saturated rings. The van der Waals surface area contributed by atoms with Crippen molar-refractivity contribution in [1.29, 1.82) is 0 Å². The largest absolute Gasteiger partial charge is 0.456 e. The lowest BCUT2D eigenvalue weighted by molar-refractivity contribution is -0.385. The van der Waals surface area contributed by atoms with Gasteiger partial charge in [-0.3, -0.25) is 10.1 Å². The Hall–Kier alpha value is -1.91. The summed E-state index contributed by atoms with van der Waals surface area (Å²) in [5, 5.41) is 10.7. The van der Waals surface area contributed by atoms with Gasteiger partial charge in [-0.25, -0.2) is 4.79 Å². The highest BCUT2D eigenvalue weighted by atomic mass is 16.6. The summed E-state index contributed by atoms with van der Waals surface area (Å²) in [4.78, 5) is 21.9. The molecule has 0 amide bonds. The molecular weight excluding hydrogens is 222 g/mol. The molecule has 92 valence electrons. The molecule has 0 radical (unpaired) electrons. The van der Waals surface area contributed by atoms with E-state index in [9.17, 15) is 14.9 Å². The van der Waals surface area contributed by atoms with Crippen LogP contribution in [0.1, 0.15) is 36.7 Å². The Labute approximate surface area is 99.5 Å². The molecule has 5 heteroatoms. The van der Waals surface area contributed by atoms with Crippen molar-refractivity contribution >= 4 is 11.7 Å². The molecule has 0 spiro atoms. The van der Waals surface area contributed by atoms with Gasteiger partial charge in [0.2, 0.25) is 0 Å². The molecular formula is C12H15NO4. The zero-order valence-corrected chi connectivity index (χ0v) is 10.3. The SMILES string of the molecule is Cc1ccc(C(=O)OC(C)(C)C)cc1[N+](=O)[O-]. The smallest absolute Gasteiger partial charge is 0.338 e. The number of rotatable bonds is 2. The zero-order chi connectivity index (χ0) is 13.2. The lowest BCUT2D eigenvalue weighted by Gasteiger charge is -2.19. The Balaban J connectivity index is 3.04. The van der Waals surface area contributed by atoms with Gasteiger partial charge >= 0.3 is 5.97 Å². The minimum atomic E-state index is -0.614. The third-order valence-electron chi connectivity index (χ3n) is 2.04. The van der Waals surface area contributed by atoms with E-state index in [4.69, 9.17) is 4.74 Å². The first-order valence-corrected chi connectivity index (χ1v) is 5.19. The Kier molecular flexibility index (Phi) is 3.50. The summed E-state index contributed by atoms with van der Waals surface area (Å²) in [6, 6.07) is 4.30. The summed E-state index contributed by atoms with van der Waals surface area (Å²) in [5.41, 5.74) is 0.0180. The summed E-state index contributed by atoms with van der Waals surface area (Å²) in [6.45, 7) is 6.85. The maximum Gasteiger partial charge on any atom is 0.338 e. The molecule has 0 aliphatic heterocycles. The zero-order valence-electron chi connectivity index (χ0n) is 10.3. The lowest BCUT2D eigenvalue weighted by atomic mass is 10.1. The molecule has 1 aromatic rings. The van der Waals surface area contributed by atoms with Crippen LogP contribution in [0.2, 0.25) is 0 Å². The van der Waals surface area contributed by atoms with Gasteiger partial charge in [0.1, 0.15) is 5.60 Å². The van der Waals surface area contributed by atoms with Crippen LogP contribution in [0.3, 0.4) is 0 Å². The third kappa shape index (κ3) is 3.55. The molecule has 0 aliphatic carbocycles. The second kappa shape index (κ2) is 4.53. The van der Waals surface area contributed by atoms with Gasteiger partial charge in [0.05, 0.1) is 10.5 Å². The van der Waals surface area contributed by atoms with Crippen LogP contribution in [0.5, 0.6) is 0 Å². The fourth-order valence-corrected chi connectivity index (χ4v) is 1.27. The number of benzene rings is 1.